The third-order valence-corrected chi connectivity index (χ3v) is 3.68. The highest BCUT2D eigenvalue weighted by atomic mass is 35.5. The molecule has 2 rings (SSSR count). The average Bonchev–Trinajstić information content (AvgIpc) is 2.87. The van der Waals surface area contributed by atoms with Crippen LogP contribution in [-0.2, 0) is 4.79 Å². The zero-order valence-electron chi connectivity index (χ0n) is 13.1. The molecule has 0 saturated heterocycles. The monoisotopic (exact) mass is 335 g/mol. The SMILES string of the molecule is Cc1cc(C(=O)NCC(C)(C)C(=O)O)nn1-c1cccc(Cl)c1. The van der Waals surface area contributed by atoms with E-state index in [0.717, 1.165) is 11.4 Å². The first-order valence-electron chi connectivity index (χ1n) is 7.05. The number of aryl methyl sites for hydroxylation is 1. The van der Waals surface area contributed by atoms with Crippen molar-refractivity contribution in [2.75, 3.05) is 6.54 Å². The quantitative estimate of drug-likeness (QED) is 0.879. The van der Waals surface area contributed by atoms with E-state index in [-0.39, 0.29) is 12.2 Å². The third-order valence-electron chi connectivity index (χ3n) is 3.44. The molecule has 0 unspecified atom stereocenters. The number of nitrogens with zero attached hydrogens (tertiary/aromatic N) is 2. The summed E-state index contributed by atoms with van der Waals surface area (Å²) in [6, 6.07) is 8.78. The van der Waals surface area contributed by atoms with Gasteiger partial charge in [0.1, 0.15) is 0 Å². The number of halogens is 1. The van der Waals surface area contributed by atoms with Gasteiger partial charge in [0, 0.05) is 17.3 Å². The molecule has 2 aromatic rings. The molecular formula is C16H18ClN3O3. The van der Waals surface area contributed by atoms with Crippen molar-refractivity contribution in [1.82, 2.24) is 15.1 Å². The Kier molecular flexibility index (Phi) is 4.75. The van der Waals surface area contributed by atoms with Gasteiger partial charge in [-0.2, -0.15) is 5.10 Å². The predicted molar refractivity (Wildman–Crippen MR) is 87.1 cm³/mol. The number of carbonyl (C=O) groups is 2. The Morgan fingerprint density at radius 2 is 2.04 bits per heavy atom. The molecule has 0 aliphatic heterocycles. The Balaban J connectivity index is 2.17. The van der Waals surface area contributed by atoms with E-state index in [2.05, 4.69) is 10.4 Å². The first-order chi connectivity index (χ1) is 10.7. The first-order valence-corrected chi connectivity index (χ1v) is 7.43. The Morgan fingerprint density at radius 1 is 1.35 bits per heavy atom. The number of aliphatic carboxylic acids is 1. The highest BCUT2D eigenvalue weighted by molar-refractivity contribution is 6.30. The third kappa shape index (κ3) is 3.90. The first kappa shape index (κ1) is 17.0. The van der Waals surface area contributed by atoms with Crippen molar-refractivity contribution in [3.8, 4) is 5.69 Å². The topological polar surface area (TPSA) is 84.2 Å². The zero-order valence-corrected chi connectivity index (χ0v) is 13.9. The van der Waals surface area contributed by atoms with Gasteiger partial charge >= 0.3 is 5.97 Å². The Labute approximate surface area is 139 Å². The second-order valence-electron chi connectivity index (χ2n) is 5.93. The van der Waals surface area contributed by atoms with Gasteiger partial charge in [-0.3, -0.25) is 9.59 Å². The average molecular weight is 336 g/mol. The molecule has 0 atom stereocenters. The highest BCUT2D eigenvalue weighted by Crippen LogP contribution is 2.17. The Hall–Kier alpha value is -2.34. The lowest BCUT2D eigenvalue weighted by Crippen LogP contribution is -2.39. The van der Waals surface area contributed by atoms with E-state index >= 15 is 0 Å². The van der Waals surface area contributed by atoms with Crippen LogP contribution in [0.3, 0.4) is 0 Å². The summed E-state index contributed by atoms with van der Waals surface area (Å²) >= 11 is 5.97. The number of aromatic nitrogens is 2. The second-order valence-corrected chi connectivity index (χ2v) is 6.37. The minimum Gasteiger partial charge on any atom is -0.481 e. The molecule has 7 heteroatoms. The van der Waals surface area contributed by atoms with E-state index in [1.807, 2.05) is 13.0 Å². The summed E-state index contributed by atoms with van der Waals surface area (Å²) in [6.45, 7) is 4.94. The van der Waals surface area contributed by atoms with Gasteiger partial charge in [-0.1, -0.05) is 17.7 Å². The molecular weight excluding hydrogens is 318 g/mol. The largest absolute Gasteiger partial charge is 0.481 e. The highest BCUT2D eigenvalue weighted by Gasteiger charge is 2.28. The van der Waals surface area contributed by atoms with Crippen LogP contribution < -0.4 is 5.32 Å². The molecule has 6 nitrogen and oxygen atoms in total. The van der Waals surface area contributed by atoms with E-state index < -0.39 is 17.3 Å². The van der Waals surface area contributed by atoms with Crippen LogP contribution in [0.4, 0.5) is 0 Å². The summed E-state index contributed by atoms with van der Waals surface area (Å²) < 4.78 is 1.61. The minimum absolute atomic E-state index is 0.0181. The normalized spacial score (nSPS) is 11.3. The summed E-state index contributed by atoms with van der Waals surface area (Å²) in [7, 11) is 0. The number of carboxylic acid groups (broad SMARTS) is 1. The summed E-state index contributed by atoms with van der Waals surface area (Å²) in [5.74, 6) is -1.39. The van der Waals surface area contributed by atoms with Crippen molar-refractivity contribution in [2.45, 2.75) is 20.8 Å². The lowest BCUT2D eigenvalue weighted by atomic mass is 9.94. The van der Waals surface area contributed by atoms with Crippen LogP contribution >= 0.6 is 11.6 Å². The summed E-state index contributed by atoms with van der Waals surface area (Å²) in [4.78, 5) is 23.2. The fraction of sp³-hybridized carbons (Fsp3) is 0.312. The maximum Gasteiger partial charge on any atom is 0.310 e. The molecule has 23 heavy (non-hydrogen) atoms. The summed E-state index contributed by atoms with van der Waals surface area (Å²) in [5.41, 5.74) is 0.707. The molecule has 1 aromatic carbocycles. The Morgan fingerprint density at radius 3 is 2.65 bits per heavy atom. The number of nitrogens with one attached hydrogen (secondary N) is 1. The number of carbonyl (C=O) groups excluding carboxylic acids is 1. The van der Waals surface area contributed by atoms with Crippen LogP contribution in [0.15, 0.2) is 30.3 Å². The van der Waals surface area contributed by atoms with Crippen LogP contribution in [0.25, 0.3) is 5.69 Å². The molecule has 122 valence electrons. The van der Waals surface area contributed by atoms with Gasteiger partial charge in [-0.25, -0.2) is 4.68 Å². The number of benzene rings is 1. The van der Waals surface area contributed by atoms with Gasteiger partial charge < -0.3 is 10.4 Å². The van der Waals surface area contributed by atoms with Gasteiger partial charge in [0.2, 0.25) is 0 Å². The van der Waals surface area contributed by atoms with Crippen LogP contribution in [0.2, 0.25) is 5.02 Å². The predicted octanol–water partition coefficient (Wildman–Crippen LogP) is 2.67. The van der Waals surface area contributed by atoms with Gasteiger partial charge in [-0.15, -0.1) is 0 Å². The fourth-order valence-corrected chi connectivity index (χ4v) is 2.11. The number of carboxylic acids is 1. The van der Waals surface area contributed by atoms with E-state index in [4.69, 9.17) is 16.7 Å². The van der Waals surface area contributed by atoms with E-state index in [1.165, 1.54) is 0 Å². The molecule has 0 bridgehead atoms. The lowest BCUT2D eigenvalue weighted by Gasteiger charge is -2.18. The van der Waals surface area contributed by atoms with Crippen molar-refractivity contribution in [3.63, 3.8) is 0 Å². The molecule has 0 spiro atoms. The van der Waals surface area contributed by atoms with Crippen molar-refractivity contribution in [2.24, 2.45) is 5.41 Å². The van der Waals surface area contributed by atoms with Crippen molar-refractivity contribution >= 4 is 23.5 Å². The van der Waals surface area contributed by atoms with Gasteiger partial charge in [-0.05, 0) is 45.0 Å². The molecule has 0 saturated carbocycles. The molecule has 1 heterocycles. The van der Waals surface area contributed by atoms with Crippen LogP contribution in [0.5, 0.6) is 0 Å². The number of hydrogen-bond acceptors (Lipinski definition) is 3. The molecule has 1 aromatic heterocycles. The fourth-order valence-electron chi connectivity index (χ4n) is 1.92. The molecule has 0 aliphatic carbocycles. The number of amides is 1. The molecule has 0 radical (unpaired) electrons. The maximum atomic E-state index is 12.2. The van der Waals surface area contributed by atoms with Gasteiger partial charge in [0.25, 0.3) is 5.91 Å². The van der Waals surface area contributed by atoms with Crippen molar-refractivity contribution in [3.05, 3.63) is 46.7 Å². The zero-order chi connectivity index (χ0) is 17.2. The van der Waals surface area contributed by atoms with Gasteiger partial charge in [0.15, 0.2) is 5.69 Å². The van der Waals surface area contributed by atoms with E-state index in [0.29, 0.717) is 5.02 Å². The molecule has 0 aliphatic rings. The summed E-state index contributed by atoms with van der Waals surface area (Å²) in [5, 5.41) is 16.5. The van der Waals surface area contributed by atoms with Crippen LogP contribution in [0, 0.1) is 12.3 Å². The van der Waals surface area contributed by atoms with Crippen LogP contribution in [0.1, 0.15) is 30.0 Å². The standard InChI is InChI=1S/C16H18ClN3O3/c1-10-7-13(14(21)18-9-16(2,3)15(22)23)19-20(10)12-6-4-5-11(17)8-12/h4-8H,9H2,1-3H3,(H,18,21)(H,22,23). The maximum absolute atomic E-state index is 12.2. The minimum atomic E-state index is -1.04. The molecule has 1 amide bonds. The van der Waals surface area contributed by atoms with E-state index in [1.54, 1.807) is 42.8 Å². The molecule has 0 fully saturated rings. The number of hydrogen-bond donors (Lipinski definition) is 2. The smallest absolute Gasteiger partial charge is 0.310 e. The van der Waals surface area contributed by atoms with E-state index in [9.17, 15) is 9.59 Å². The number of rotatable bonds is 5. The van der Waals surface area contributed by atoms with Crippen molar-refractivity contribution in [1.29, 1.82) is 0 Å². The summed E-state index contributed by atoms with van der Waals surface area (Å²) in [6.07, 6.45) is 0. The van der Waals surface area contributed by atoms with Gasteiger partial charge in [0.05, 0.1) is 11.1 Å². The second kappa shape index (κ2) is 6.42. The molecule has 2 N–H and O–H groups in total. The van der Waals surface area contributed by atoms with Crippen molar-refractivity contribution < 1.29 is 14.7 Å². The van der Waals surface area contributed by atoms with Crippen LogP contribution in [-0.4, -0.2) is 33.3 Å². The Bertz CT molecular complexity index is 753. The lowest BCUT2D eigenvalue weighted by molar-refractivity contribution is -0.146.